The minimum atomic E-state index is -0.279. The van der Waals surface area contributed by atoms with Crippen molar-refractivity contribution in [2.24, 2.45) is 0 Å². The van der Waals surface area contributed by atoms with E-state index in [4.69, 9.17) is 15.6 Å². The Morgan fingerprint density at radius 2 is 2.31 bits per heavy atom. The summed E-state index contributed by atoms with van der Waals surface area (Å²) in [4.78, 5) is 7.87. The largest absolute Gasteiger partial charge is 0.490 e. The predicted octanol–water partition coefficient (Wildman–Crippen LogP) is 0.640. The van der Waals surface area contributed by atoms with Crippen LogP contribution >= 0.6 is 0 Å². The molecule has 1 heterocycles. The maximum Gasteiger partial charge on any atom is 0.203 e. The quantitative estimate of drug-likeness (QED) is 0.616. The molecule has 1 aromatic heterocycles. The summed E-state index contributed by atoms with van der Waals surface area (Å²) in [6.07, 6.45) is 2.70. The van der Waals surface area contributed by atoms with Crippen molar-refractivity contribution in [3.63, 3.8) is 0 Å². The Labute approximate surface area is 94.9 Å². The Kier molecular flexibility index (Phi) is 4.78. The van der Waals surface area contributed by atoms with Gasteiger partial charge in [0.15, 0.2) is 11.6 Å². The van der Waals surface area contributed by atoms with Crippen LogP contribution in [-0.2, 0) is 0 Å². The first-order valence-corrected chi connectivity index (χ1v) is 5.21. The Hall–Kier alpha value is -1.56. The molecule has 0 spiro atoms. The van der Waals surface area contributed by atoms with Crippen molar-refractivity contribution >= 4 is 11.6 Å². The fourth-order valence-corrected chi connectivity index (χ4v) is 1.32. The monoisotopic (exact) mass is 226 g/mol. The third kappa shape index (κ3) is 3.54. The average molecular weight is 226 g/mol. The van der Waals surface area contributed by atoms with Crippen molar-refractivity contribution in [2.75, 3.05) is 24.7 Å². The highest BCUT2D eigenvalue weighted by molar-refractivity contribution is 5.61. The molecule has 6 heteroatoms. The van der Waals surface area contributed by atoms with Crippen molar-refractivity contribution in [1.82, 2.24) is 9.97 Å². The first-order chi connectivity index (χ1) is 7.65. The highest BCUT2D eigenvalue weighted by Crippen LogP contribution is 2.25. The van der Waals surface area contributed by atoms with Crippen LogP contribution in [0.1, 0.15) is 19.8 Å². The third-order valence-electron chi connectivity index (χ3n) is 2.13. The maximum atomic E-state index is 9.10. The maximum absolute atomic E-state index is 9.10. The van der Waals surface area contributed by atoms with E-state index < -0.39 is 0 Å². The molecule has 0 radical (unpaired) electrons. The van der Waals surface area contributed by atoms with Gasteiger partial charge in [-0.3, -0.25) is 0 Å². The fraction of sp³-hybridized carbons (Fsp3) is 0.600. The molecule has 4 N–H and O–H groups in total. The zero-order valence-electron chi connectivity index (χ0n) is 9.60. The number of nitrogens with one attached hydrogen (secondary N) is 1. The number of aliphatic hydroxyl groups is 1. The van der Waals surface area contributed by atoms with E-state index in [1.165, 1.54) is 13.4 Å². The molecule has 16 heavy (non-hydrogen) atoms. The Morgan fingerprint density at radius 3 is 2.94 bits per heavy atom. The standard InChI is InChI=1S/C10H18N4O2/c1-7(15)4-3-5-12-10-8(16-2)9(11)13-6-14-10/h6-7,15H,3-5H2,1-2H3,(H3,11,12,13,14). The topological polar surface area (TPSA) is 93.3 Å². The molecule has 0 fully saturated rings. The lowest BCUT2D eigenvalue weighted by Gasteiger charge is -2.11. The fourth-order valence-electron chi connectivity index (χ4n) is 1.32. The van der Waals surface area contributed by atoms with E-state index in [0.717, 1.165) is 12.8 Å². The molecular formula is C10H18N4O2. The summed E-state index contributed by atoms with van der Waals surface area (Å²) in [6.45, 7) is 2.47. The number of rotatable bonds is 6. The number of hydrogen-bond acceptors (Lipinski definition) is 6. The molecule has 0 amide bonds. The molecule has 1 atom stereocenters. The minimum Gasteiger partial charge on any atom is -0.490 e. The van der Waals surface area contributed by atoms with Gasteiger partial charge >= 0.3 is 0 Å². The molecule has 6 nitrogen and oxygen atoms in total. The summed E-state index contributed by atoms with van der Waals surface area (Å²) in [7, 11) is 1.52. The second-order valence-electron chi connectivity index (χ2n) is 3.56. The van der Waals surface area contributed by atoms with E-state index in [1.54, 1.807) is 6.92 Å². The number of nitrogens with two attached hydrogens (primary N) is 1. The summed E-state index contributed by atoms with van der Waals surface area (Å²) < 4.78 is 5.09. The number of anilines is 2. The molecule has 1 aromatic rings. The lowest BCUT2D eigenvalue weighted by atomic mass is 10.2. The third-order valence-corrected chi connectivity index (χ3v) is 2.13. The Morgan fingerprint density at radius 1 is 1.56 bits per heavy atom. The van der Waals surface area contributed by atoms with Crippen LogP contribution in [0.4, 0.5) is 11.6 Å². The van der Waals surface area contributed by atoms with Gasteiger partial charge in [-0.25, -0.2) is 9.97 Å². The number of aromatic nitrogens is 2. The number of ether oxygens (including phenoxy) is 1. The minimum absolute atomic E-state index is 0.279. The second-order valence-corrected chi connectivity index (χ2v) is 3.56. The van der Waals surface area contributed by atoms with Crippen molar-refractivity contribution < 1.29 is 9.84 Å². The van der Waals surface area contributed by atoms with Crippen LogP contribution in [0.3, 0.4) is 0 Å². The lowest BCUT2D eigenvalue weighted by Crippen LogP contribution is -2.09. The Balaban J connectivity index is 2.50. The van der Waals surface area contributed by atoms with E-state index in [0.29, 0.717) is 23.9 Å². The molecule has 1 rings (SSSR count). The lowest BCUT2D eigenvalue weighted by molar-refractivity contribution is 0.183. The van der Waals surface area contributed by atoms with Crippen molar-refractivity contribution in [2.45, 2.75) is 25.9 Å². The van der Waals surface area contributed by atoms with Gasteiger partial charge in [0, 0.05) is 6.54 Å². The van der Waals surface area contributed by atoms with Crippen LogP contribution in [0.15, 0.2) is 6.33 Å². The zero-order valence-corrected chi connectivity index (χ0v) is 9.60. The summed E-state index contributed by atoms with van der Waals surface area (Å²) in [6, 6.07) is 0. The molecule has 1 unspecified atom stereocenters. The highest BCUT2D eigenvalue weighted by Gasteiger charge is 2.08. The first kappa shape index (κ1) is 12.5. The summed E-state index contributed by atoms with van der Waals surface area (Å²) in [5.41, 5.74) is 5.63. The number of hydrogen-bond donors (Lipinski definition) is 3. The van der Waals surface area contributed by atoms with Crippen molar-refractivity contribution in [3.05, 3.63) is 6.33 Å². The van der Waals surface area contributed by atoms with Gasteiger partial charge in [0.1, 0.15) is 6.33 Å². The first-order valence-electron chi connectivity index (χ1n) is 5.21. The SMILES string of the molecule is COc1c(N)ncnc1NCCCC(C)O. The van der Waals surface area contributed by atoms with Crippen LogP contribution in [-0.4, -0.2) is 34.8 Å². The number of aliphatic hydroxyl groups excluding tert-OH is 1. The van der Waals surface area contributed by atoms with E-state index in [1.807, 2.05) is 0 Å². The molecule has 0 aromatic carbocycles. The van der Waals surface area contributed by atoms with Crippen LogP contribution in [0.25, 0.3) is 0 Å². The summed E-state index contributed by atoms with van der Waals surface area (Å²) >= 11 is 0. The van der Waals surface area contributed by atoms with Gasteiger partial charge in [0.25, 0.3) is 0 Å². The van der Waals surface area contributed by atoms with Crippen LogP contribution in [0, 0.1) is 0 Å². The molecule has 0 aliphatic rings. The van der Waals surface area contributed by atoms with Gasteiger partial charge in [-0.15, -0.1) is 0 Å². The van der Waals surface area contributed by atoms with Crippen molar-refractivity contribution in [1.29, 1.82) is 0 Å². The van der Waals surface area contributed by atoms with Gasteiger partial charge in [0.05, 0.1) is 13.2 Å². The zero-order chi connectivity index (χ0) is 12.0. The van der Waals surface area contributed by atoms with Gasteiger partial charge < -0.3 is 20.9 Å². The normalized spacial score (nSPS) is 12.2. The molecule has 0 aliphatic carbocycles. The van der Waals surface area contributed by atoms with E-state index in [2.05, 4.69) is 15.3 Å². The molecule has 0 saturated carbocycles. The van der Waals surface area contributed by atoms with E-state index >= 15 is 0 Å². The van der Waals surface area contributed by atoms with Gasteiger partial charge in [0.2, 0.25) is 5.75 Å². The van der Waals surface area contributed by atoms with Crippen LogP contribution < -0.4 is 15.8 Å². The average Bonchev–Trinajstić information content (AvgIpc) is 2.24. The Bertz CT molecular complexity index is 331. The molecule has 0 saturated heterocycles. The van der Waals surface area contributed by atoms with Gasteiger partial charge in [-0.1, -0.05) is 0 Å². The number of nitrogen functional groups attached to an aromatic ring is 1. The van der Waals surface area contributed by atoms with Crippen LogP contribution in [0.5, 0.6) is 5.75 Å². The molecule has 0 aliphatic heterocycles. The molecule has 90 valence electrons. The second kappa shape index (κ2) is 6.12. The van der Waals surface area contributed by atoms with Crippen molar-refractivity contribution in [3.8, 4) is 5.75 Å². The van der Waals surface area contributed by atoms with Gasteiger partial charge in [-0.05, 0) is 19.8 Å². The number of methoxy groups -OCH3 is 1. The van der Waals surface area contributed by atoms with Crippen LogP contribution in [0.2, 0.25) is 0 Å². The van der Waals surface area contributed by atoms with Gasteiger partial charge in [-0.2, -0.15) is 0 Å². The van der Waals surface area contributed by atoms with E-state index in [-0.39, 0.29) is 6.10 Å². The smallest absolute Gasteiger partial charge is 0.203 e. The molecule has 0 bridgehead atoms. The number of nitrogens with zero attached hydrogens (tertiary/aromatic N) is 2. The molecular weight excluding hydrogens is 208 g/mol. The predicted molar refractivity (Wildman–Crippen MR) is 62.4 cm³/mol. The highest BCUT2D eigenvalue weighted by atomic mass is 16.5. The van der Waals surface area contributed by atoms with E-state index in [9.17, 15) is 0 Å². The summed E-state index contributed by atoms with van der Waals surface area (Å²) in [5, 5.41) is 12.2. The summed E-state index contributed by atoms with van der Waals surface area (Å²) in [5.74, 6) is 1.36.